The van der Waals surface area contributed by atoms with Crippen molar-refractivity contribution in [2.45, 2.75) is 19.4 Å². The SMILES string of the molecule is COc1ccc(O)c(C(=O)NC(C)(C)CN)c1.Cl. The van der Waals surface area contributed by atoms with Gasteiger partial charge in [0.05, 0.1) is 12.7 Å². The standard InChI is InChI=1S/C12H18N2O3.ClH/c1-12(2,7-13)14-11(16)9-6-8(17-3)4-5-10(9)15;/h4-6,15H,7,13H2,1-3H3,(H,14,16);1H. The van der Waals surface area contributed by atoms with E-state index in [1.54, 1.807) is 6.07 Å². The third-order valence-corrected chi connectivity index (χ3v) is 2.41. The predicted octanol–water partition coefficient (Wildman–Crippen LogP) is 1.29. The molecule has 1 aromatic rings. The van der Waals surface area contributed by atoms with Crippen LogP contribution in [-0.2, 0) is 0 Å². The van der Waals surface area contributed by atoms with Crippen molar-refractivity contribution < 1.29 is 14.6 Å². The summed E-state index contributed by atoms with van der Waals surface area (Å²) in [6, 6.07) is 4.49. The lowest BCUT2D eigenvalue weighted by molar-refractivity contribution is 0.0912. The van der Waals surface area contributed by atoms with Gasteiger partial charge in [0, 0.05) is 12.1 Å². The molecule has 102 valence electrons. The van der Waals surface area contributed by atoms with Crippen LogP contribution in [0.25, 0.3) is 0 Å². The van der Waals surface area contributed by atoms with Crippen molar-refractivity contribution in [1.29, 1.82) is 0 Å². The molecule has 1 amide bonds. The Labute approximate surface area is 113 Å². The van der Waals surface area contributed by atoms with Crippen molar-refractivity contribution in [2.24, 2.45) is 5.73 Å². The average molecular weight is 275 g/mol. The first-order valence-electron chi connectivity index (χ1n) is 5.29. The molecule has 0 aliphatic heterocycles. The summed E-state index contributed by atoms with van der Waals surface area (Å²) in [7, 11) is 1.50. The number of ether oxygens (including phenoxy) is 1. The monoisotopic (exact) mass is 274 g/mol. The van der Waals surface area contributed by atoms with Gasteiger partial charge in [0.1, 0.15) is 11.5 Å². The molecular weight excluding hydrogens is 256 g/mol. The van der Waals surface area contributed by atoms with Gasteiger partial charge in [-0.05, 0) is 32.0 Å². The Bertz CT molecular complexity index is 422. The number of amides is 1. The average Bonchev–Trinajstić information content (AvgIpc) is 2.29. The maximum Gasteiger partial charge on any atom is 0.255 e. The lowest BCUT2D eigenvalue weighted by Crippen LogP contribution is -2.48. The first kappa shape index (κ1) is 16.5. The number of benzene rings is 1. The Balaban J connectivity index is 0.00000289. The fraction of sp³-hybridized carbons (Fsp3) is 0.417. The van der Waals surface area contributed by atoms with Gasteiger partial charge in [-0.3, -0.25) is 4.79 Å². The third kappa shape index (κ3) is 4.09. The van der Waals surface area contributed by atoms with Crippen LogP contribution in [0, 0.1) is 0 Å². The summed E-state index contributed by atoms with van der Waals surface area (Å²) < 4.78 is 5.00. The van der Waals surface area contributed by atoms with E-state index < -0.39 is 5.54 Å². The quantitative estimate of drug-likeness (QED) is 0.772. The molecule has 0 atom stereocenters. The number of phenols is 1. The van der Waals surface area contributed by atoms with Crippen LogP contribution < -0.4 is 15.8 Å². The largest absolute Gasteiger partial charge is 0.507 e. The lowest BCUT2D eigenvalue weighted by atomic mass is 10.0. The van der Waals surface area contributed by atoms with E-state index >= 15 is 0 Å². The van der Waals surface area contributed by atoms with Gasteiger partial charge in [0.15, 0.2) is 0 Å². The Morgan fingerprint density at radius 1 is 1.50 bits per heavy atom. The van der Waals surface area contributed by atoms with E-state index in [0.717, 1.165) is 0 Å². The van der Waals surface area contributed by atoms with E-state index in [1.165, 1.54) is 19.2 Å². The topological polar surface area (TPSA) is 84.6 Å². The van der Waals surface area contributed by atoms with Gasteiger partial charge in [0.25, 0.3) is 5.91 Å². The van der Waals surface area contributed by atoms with Crippen LogP contribution in [0.15, 0.2) is 18.2 Å². The van der Waals surface area contributed by atoms with Gasteiger partial charge in [-0.1, -0.05) is 0 Å². The van der Waals surface area contributed by atoms with Crippen molar-refractivity contribution in [3.8, 4) is 11.5 Å². The molecule has 5 nitrogen and oxygen atoms in total. The first-order chi connectivity index (χ1) is 7.89. The maximum absolute atomic E-state index is 11.9. The molecule has 0 unspecified atom stereocenters. The van der Waals surface area contributed by atoms with Gasteiger partial charge in [-0.15, -0.1) is 12.4 Å². The Hall–Kier alpha value is -1.46. The van der Waals surface area contributed by atoms with E-state index in [2.05, 4.69) is 5.32 Å². The Kier molecular flexibility index (Phi) is 5.94. The molecule has 0 heterocycles. The van der Waals surface area contributed by atoms with Crippen LogP contribution in [0.5, 0.6) is 11.5 Å². The fourth-order valence-electron chi connectivity index (χ4n) is 1.25. The summed E-state index contributed by atoms with van der Waals surface area (Å²) in [5.74, 6) is 0.0477. The minimum Gasteiger partial charge on any atom is -0.507 e. The molecule has 0 radical (unpaired) electrons. The highest BCUT2D eigenvalue weighted by Crippen LogP contribution is 2.23. The van der Waals surface area contributed by atoms with Crippen LogP contribution in [0.4, 0.5) is 0 Å². The molecule has 0 aliphatic rings. The molecule has 6 heteroatoms. The zero-order chi connectivity index (χ0) is 13.1. The fourth-order valence-corrected chi connectivity index (χ4v) is 1.25. The second-order valence-electron chi connectivity index (χ2n) is 4.43. The number of rotatable bonds is 4. The molecule has 0 aliphatic carbocycles. The molecule has 0 spiro atoms. The zero-order valence-electron chi connectivity index (χ0n) is 10.7. The van der Waals surface area contributed by atoms with Crippen LogP contribution in [0.3, 0.4) is 0 Å². The second kappa shape index (κ2) is 6.47. The molecule has 0 saturated heterocycles. The zero-order valence-corrected chi connectivity index (χ0v) is 11.5. The Morgan fingerprint density at radius 3 is 2.61 bits per heavy atom. The van der Waals surface area contributed by atoms with Gasteiger partial charge in [-0.2, -0.15) is 0 Å². The molecule has 18 heavy (non-hydrogen) atoms. The normalized spacial score (nSPS) is 10.4. The van der Waals surface area contributed by atoms with Gasteiger partial charge >= 0.3 is 0 Å². The highest BCUT2D eigenvalue weighted by atomic mass is 35.5. The molecule has 1 rings (SSSR count). The van der Waals surface area contributed by atoms with Crippen molar-refractivity contribution in [2.75, 3.05) is 13.7 Å². The van der Waals surface area contributed by atoms with Crippen LogP contribution >= 0.6 is 12.4 Å². The summed E-state index contributed by atoms with van der Waals surface area (Å²) in [6.07, 6.45) is 0. The van der Waals surface area contributed by atoms with Crippen LogP contribution in [-0.4, -0.2) is 30.2 Å². The minimum atomic E-state index is -0.521. The summed E-state index contributed by atoms with van der Waals surface area (Å²) in [4.78, 5) is 11.9. The molecule has 4 N–H and O–H groups in total. The van der Waals surface area contributed by atoms with Crippen LogP contribution in [0.2, 0.25) is 0 Å². The number of aromatic hydroxyl groups is 1. The lowest BCUT2D eigenvalue weighted by Gasteiger charge is -2.24. The van der Waals surface area contributed by atoms with E-state index in [1.807, 2.05) is 13.8 Å². The van der Waals surface area contributed by atoms with Gasteiger partial charge < -0.3 is 20.9 Å². The number of methoxy groups -OCH3 is 1. The van der Waals surface area contributed by atoms with E-state index in [4.69, 9.17) is 10.5 Å². The second-order valence-corrected chi connectivity index (χ2v) is 4.43. The number of nitrogens with one attached hydrogen (secondary N) is 1. The molecule has 0 saturated carbocycles. The number of carbonyl (C=O) groups is 1. The third-order valence-electron chi connectivity index (χ3n) is 2.41. The van der Waals surface area contributed by atoms with Crippen molar-refractivity contribution in [3.63, 3.8) is 0 Å². The number of nitrogens with two attached hydrogens (primary N) is 1. The van der Waals surface area contributed by atoms with E-state index in [-0.39, 0.29) is 29.6 Å². The summed E-state index contributed by atoms with van der Waals surface area (Å²) in [5, 5.41) is 12.4. The van der Waals surface area contributed by atoms with Gasteiger partial charge in [-0.25, -0.2) is 0 Å². The number of hydrogen-bond acceptors (Lipinski definition) is 4. The predicted molar refractivity (Wildman–Crippen MR) is 72.5 cm³/mol. The molecule has 0 aromatic heterocycles. The summed E-state index contributed by atoms with van der Waals surface area (Å²) in [6.45, 7) is 3.92. The number of carbonyl (C=O) groups excluding carboxylic acids is 1. The smallest absolute Gasteiger partial charge is 0.255 e. The minimum absolute atomic E-state index is 0. The van der Waals surface area contributed by atoms with Crippen molar-refractivity contribution >= 4 is 18.3 Å². The van der Waals surface area contributed by atoms with Crippen molar-refractivity contribution in [3.05, 3.63) is 23.8 Å². The summed E-state index contributed by atoms with van der Waals surface area (Å²) in [5.41, 5.74) is 5.18. The highest BCUT2D eigenvalue weighted by molar-refractivity contribution is 5.97. The number of halogens is 1. The Morgan fingerprint density at radius 2 is 2.11 bits per heavy atom. The van der Waals surface area contributed by atoms with Crippen molar-refractivity contribution in [1.82, 2.24) is 5.32 Å². The summed E-state index contributed by atoms with van der Waals surface area (Å²) >= 11 is 0. The van der Waals surface area contributed by atoms with E-state index in [0.29, 0.717) is 12.3 Å². The van der Waals surface area contributed by atoms with E-state index in [9.17, 15) is 9.90 Å². The molecular formula is C12H19ClN2O3. The highest BCUT2D eigenvalue weighted by Gasteiger charge is 2.21. The number of hydrogen-bond donors (Lipinski definition) is 3. The first-order valence-corrected chi connectivity index (χ1v) is 5.29. The van der Waals surface area contributed by atoms with Gasteiger partial charge in [0.2, 0.25) is 0 Å². The number of phenolic OH excluding ortho intramolecular Hbond substituents is 1. The van der Waals surface area contributed by atoms with Crippen LogP contribution in [0.1, 0.15) is 24.2 Å². The maximum atomic E-state index is 11.9. The molecule has 0 fully saturated rings. The molecule has 1 aromatic carbocycles. The molecule has 0 bridgehead atoms.